The Morgan fingerprint density at radius 3 is 2.58 bits per heavy atom. The minimum atomic E-state index is -0.628. The molecule has 0 aliphatic carbocycles. The first-order valence-corrected chi connectivity index (χ1v) is 8.45. The zero-order valence-electron chi connectivity index (χ0n) is 13.7. The zero-order chi connectivity index (χ0) is 17.5. The van der Waals surface area contributed by atoms with Crippen LogP contribution in [0, 0.1) is 6.92 Å². The first-order valence-electron chi connectivity index (χ1n) is 7.66. The van der Waals surface area contributed by atoms with Crippen molar-refractivity contribution >= 4 is 27.5 Å². The van der Waals surface area contributed by atoms with Crippen LogP contribution in [0.15, 0.2) is 46.9 Å². The predicted octanol–water partition coefficient (Wildman–Crippen LogP) is 3.50. The number of nitrogens with two attached hydrogens (primary N) is 1. The van der Waals surface area contributed by atoms with Crippen molar-refractivity contribution in [2.45, 2.75) is 20.0 Å². The number of nitrogens with one attached hydrogen (secondary N) is 1. The molecule has 0 saturated carbocycles. The molecule has 5 nitrogen and oxygen atoms in total. The van der Waals surface area contributed by atoms with E-state index < -0.39 is 6.10 Å². The van der Waals surface area contributed by atoms with Crippen LogP contribution in [0.4, 0.5) is 5.69 Å². The van der Waals surface area contributed by atoms with Gasteiger partial charge in [-0.2, -0.15) is 0 Å². The minimum absolute atomic E-state index is 0.224. The monoisotopic (exact) mass is 392 g/mol. The fourth-order valence-electron chi connectivity index (χ4n) is 2.00. The molecule has 2 rings (SSSR count). The number of amides is 1. The van der Waals surface area contributed by atoms with Crippen LogP contribution >= 0.6 is 15.9 Å². The van der Waals surface area contributed by atoms with E-state index in [4.69, 9.17) is 15.2 Å². The standard InChI is InChI=1S/C18H21BrN2O3/c1-12-3-8-17(16(19)11-12)24-13(2)18(22)21-14-4-6-15(7-5-14)23-10-9-20/h3-8,11,13H,9-10,20H2,1-2H3,(H,21,22). The Bertz CT molecular complexity index is 689. The molecule has 24 heavy (non-hydrogen) atoms. The van der Waals surface area contributed by atoms with Crippen LogP contribution in [0.3, 0.4) is 0 Å². The molecule has 0 radical (unpaired) electrons. The Kier molecular flexibility index (Phi) is 6.63. The first kappa shape index (κ1) is 18.3. The average molecular weight is 393 g/mol. The third-order valence-electron chi connectivity index (χ3n) is 3.27. The van der Waals surface area contributed by atoms with Crippen molar-refractivity contribution in [1.82, 2.24) is 0 Å². The first-order chi connectivity index (χ1) is 11.5. The van der Waals surface area contributed by atoms with Gasteiger partial charge in [-0.25, -0.2) is 0 Å². The van der Waals surface area contributed by atoms with Crippen molar-refractivity contribution < 1.29 is 14.3 Å². The molecule has 0 saturated heterocycles. The topological polar surface area (TPSA) is 73.6 Å². The van der Waals surface area contributed by atoms with E-state index in [0.717, 1.165) is 10.0 Å². The number of carbonyl (C=O) groups excluding carboxylic acids is 1. The van der Waals surface area contributed by atoms with Gasteiger partial charge in [0.15, 0.2) is 6.10 Å². The smallest absolute Gasteiger partial charge is 0.265 e. The Morgan fingerprint density at radius 2 is 1.96 bits per heavy atom. The van der Waals surface area contributed by atoms with E-state index in [1.807, 2.05) is 25.1 Å². The molecule has 1 unspecified atom stereocenters. The molecule has 0 fully saturated rings. The summed E-state index contributed by atoms with van der Waals surface area (Å²) < 4.78 is 11.9. The number of halogens is 1. The Balaban J connectivity index is 1.93. The summed E-state index contributed by atoms with van der Waals surface area (Å²) in [4.78, 5) is 12.3. The molecule has 6 heteroatoms. The number of rotatable bonds is 7. The summed E-state index contributed by atoms with van der Waals surface area (Å²) in [5, 5.41) is 2.82. The van der Waals surface area contributed by atoms with Crippen LogP contribution in [0.25, 0.3) is 0 Å². The number of aryl methyl sites for hydroxylation is 1. The summed E-state index contributed by atoms with van der Waals surface area (Å²) in [6.07, 6.45) is -0.628. The Morgan fingerprint density at radius 1 is 1.25 bits per heavy atom. The lowest BCUT2D eigenvalue weighted by Gasteiger charge is -2.16. The quantitative estimate of drug-likeness (QED) is 0.755. The van der Waals surface area contributed by atoms with Crippen molar-refractivity contribution in [3.63, 3.8) is 0 Å². The van der Waals surface area contributed by atoms with E-state index >= 15 is 0 Å². The van der Waals surface area contributed by atoms with Crippen molar-refractivity contribution in [3.05, 3.63) is 52.5 Å². The second-order valence-electron chi connectivity index (χ2n) is 5.34. The van der Waals surface area contributed by atoms with Gasteiger partial charge >= 0.3 is 0 Å². The van der Waals surface area contributed by atoms with Crippen molar-refractivity contribution in [3.8, 4) is 11.5 Å². The number of hydrogen-bond acceptors (Lipinski definition) is 4. The highest BCUT2D eigenvalue weighted by Crippen LogP contribution is 2.27. The zero-order valence-corrected chi connectivity index (χ0v) is 15.3. The normalized spacial score (nSPS) is 11.7. The van der Waals surface area contributed by atoms with Crippen molar-refractivity contribution in [1.29, 1.82) is 0 Å². The molecule has 0 aromatic heterocycles. The lowest BCUT2D eigenvalue weighted by molar-refractivity contribution is -0.122. The molecular formula is C18H21BrN2O3. The molecule has 0 spiro atoms. The van der Waals surface area contributed by atoms with E-state index in [1.54, 1.807) is 31.2 Å². The molecular weight excluding hydrogens is 372 g/mol. The fourth-order valence-corrected chi connectivity index (χ4v) is 2.59. The van der Waals surface area contributed by atoms with Crippen LogP contribution < -0.4 is 20.5 Å². The van der Waals surface area contributed by atoms with Crippen LogP contribution in [0.5, 0.6) is 11.5 Å². The van der Waals surface area contributed by atoms with Gasteiger partial charge in [-0.05, 0) is 71.7 Å². The van der Waals surface area contributed by atoms with Crippen LogP contribution in [0.2, 0.25) is 0 Å². The Hall–Kier alpha value is -2.05. The highest BCUT2D eigenvalue weighted by atomic mass is 79.9. The van der Waals surface area contributed by atoms with Gasteiger partial charge in [0.2, 0.25) is 0 Å². The second-order valence-corrected chi connectivity index (χ2v) is 6.20. The van der Waals surface area contributed by atoms with E-state index in [9.17, 15) is 4.79 Å². The van der Waals surface area contributed by atoms with Crippen LogP contribution in [-0.2, 0) is 4.79 Å². The molecule has 0 aliphatic heterocycles. The van der Waals surface area contributed by atoms with Crippen molar-refractivity contribution in [2.24, 2.45) is 5.73 Å². The number of anilines is 1. The maximum atomic E-state index is 12.3. The number of hydrogen-bond donors (Lipinski definition) is 2. The minimum Gasteiger partial charge on any atom is -0.492 e. The van der Waals surface area contributed by atoms with Crippen molar-refractivity contribution in [2.75, 3.05) is 18.5 Å². The van der Waals surface area contributed by atoms with Gasteiger partial charge in [0.1, 0.15) is 18.1 Å². The maximum absolute atomic E-state index is 12.3. The van der Waals surface area contributed by atoms with Gasteiger partial charge in [-0.15, -0.1) is 0 Å². The Labute approximate surface area is 150 Å². The SMILES string of the molecule is Cc1ccc(OC(C)C(=O)Nc2ccc(OCCN)cc2)c(Br)c1. The largest absolute Gasteiger partial charge is 0.492 e. The maximum Gasteiger partial charge on any atom is 0.265 e. The summed E-state index contributed by atoms with van der Waals surface area (Å²) in [5.74, 6) is 1.12. The molecule has 0 heterocycles. The summed E-state index contributed by atoms with van der Waals surface area (Å²) >= 11 is 3.44. The molecule has 128 valence electrons. The molecule has 2 aromatic carbocycles. The van der Waals surface area contributed by atoms with Crippen LogP contribution in [-0.4, -0.2) is 25.2 Å². The number of benzene rings is 2. The molecule has 1 amide bonds. The highest BCUT2D eigenvalue weighted by Gasteiger charge is 2.16. The summed E-state index contributed by atoms with van der Waals surface area (Å²) in [6.45, 7) is 4.62. The molecule has 2 aromatic rings. The van der Waals surface area contributed by atoms with Crippen LogP contribution in [0.1, 0.15) is 12.5 Å². The average Bonchev–Trinajstić information content (AvgIpc) is 2.56. The lowest BCUT2D eigenvalue weighted by Crippen LogP contribution is -2.30. The van der Waals surface area contributed by atoms with Gasteiger partial charge < -0.3 is 20.5 Å². The second kappa shape index (κ2) is 8.70. The lowest BCUT2D eigenvalue weighted by atomic mass is 10.2. The van der Waals surface area contributed by atoms with Gasteiger partial charge in [0, 0.05) is 12.2 Å². The molecule has 0 aliphatic rings. The van der Waals surface area contributed by atoms with E-state index in [1.165, 1.54) is 0 Å². The summed E-state index contributed by atoms with van der Waals surface area (Å²) in [7, 11) is 0. The van der Waals surface area contributed by atoms with E-state index in [-0.39, 0.29) is 5.91 Å². The van der Waals surface area contributed by atoms with E-state index in [0.29, 0.717) is 30.3 Å². The number of ether oxygens (including phenoxy) is 2. The highest BCUT2D eigenvalue weighted by molar-refractivity contribution is 9.10. The van der Waals surface area contributed by atoms with Gasteiger partial charge in [-0.1, -0.05) is 6.07 Å². The third-order valence-corrected chi connectivity index (χ3v) is 3.89. The van der Waals surface area contributed by atoms with Gasteiger partial charge in [0.25, 0.3) is 5.91 Å². The van der Waals surface area contributed by atoms with Gasteiger partial charge in [0.05, 0.1) is 4.47 Å². The predicted molar refractivity (Wildman–Crippen MR) is 98.6 cm³/mol. The summed E-state index contributed by atoms with van der Waals surface area (Å²) in [6, 6.07) is 12.8. The number of carbonyl (C=O) groups is 1. The van der Waals surface area contributed by atoms with E-state index in [2.05, 4.69) is 21.2 Å². The summed E-state index contributed by atoms with van der Waals surface area (Å²) in [5.41, 5.74) is 7.18. The third kappa shape index (κ3) is 5.25. The fraction of sp³-hybridized carbons (Fsp3) is 0.278. The molecule has 3 N–H and O–H groups in total. The molecule has 0 bridgehead atoms. The molecule has 1 atom stereocenters. The van der Waals surface area contributed by atoms with Gasteiger partial charge in [-0.3, -0.25) is 4.79 Å².